The largest absolute Gasteiger partial charge is 0.473 e. The van der Waals surface area contributed by atoms with Crippen molar-refractivity contribution in [3.8, 4) is 0 Å². The summed E-state index contributed by atoms with van der Waals surface area (Å²) in [6.45, 7) is 0.371. The summed E-state index contributed by atoms with van der Waals surface area (Å²) in [5.41, 5.74) is 1.77. The Kier molecular flexibility index (Phi) is 6.88. The van der Waals surface area contributed by atoms with Crippen LogP contribution in [0.1, 0.15) is 5.56 Å². The highest BCUT2D eigenvalue weighted by molar-refractivity contribution is 8.02. The van der Waals surface area contributed by atoms with Crippen molar-refractivity contribution in [1.82, 2.24) is 4.98 Å². The van der Waals surface area contributed by atoms with Gasteiger partial charge in [-0.05, 0) is 35.7 Å². The molecule has 0 fully saturated rings. The minimum Gasteiger partial charge on any atom is -0.473 e. The van der Waals surface area contributed by atoms with Crippen molar-refractivity contribution in [3.63, 3.8) is 0 Å². The molecule has 0 aliphatic rings. The van der Waals surface area contributed by atoms with Crippen LogP contribution in [0.4, 0.5) is 5.69 Å². The molecular weight excluding hydrogens is 364 g/mol. The van der Waals surface area contributed by atoms with Crippen LogP contribution < -0.4 is 0 Å². The predicted molar refractivity (Wildman–Crippen MR) is 109 cm³/mol. The maximum absolute atomic E-state index is 5.88. The molecule has 3 nitrogen and oxygen atoms in total. The fraction of sp³-hybridized carbons (Fsp3) is 0.0476. The van der Waals surface area contributed by atoms with Gasteiger partial charge in [0.05, 0.1) is 5.69 Å². The molecule has 0 aliphatic carbocycles. The van der Waals surface area contributed by atoms with Crippen LogP contribution in [-0.2, 0) is 11.3 Å². The van der Waals surface area contributed by atoms with E-state index in [1.807, 2.05) is 66.1 Å². The second-order valence-corrected chi connectivity index (χ2v) is 6.66. The Morgan fingerprint density at radius 3 is 2.42 bits per heavy atom. The molecule has 26 heavy (non-hydrogen) atoms. The van der Waals surface area contributed by atoms with Gasteiger partial charge in [-0.3, -0.25) is 0 Å². The molecule has 3 rings (SSSR count). The Balaban J connectivity index is 1.71. The summed E-state index contributed by atoms with van der Waals surface area (Å²) in [6, 6.07) is 23.5. The van der Waals surface area contributed by atoms with E-state index in [1.54, 1.807) is 24.0 Å². The molecule has 0 unspecified atom stereocenters. The van der Waals surface area contributed by atoms with Gasteiger partial charge < -0.3 is 4.74 Å². The lowest BCUT2D eigenvalue weighted by atomic mass is 10.3. The Bertz CT molecular complexity index is 866. The van der Waals surface area contributed by atoms with Crippen molar-refractivity contribution in [2.75, 3.05) is 0 Å². The maximum atomic E-state index is 5.88. The number of hydrogen-bond acceptors (Lipinski definition) is 4. The minimum absolute atomic E-state index is 0.371. The van der Waals surface area contributed by atoms with Gasteiger partial charge in [0.2, 0.25) is 5.90 Å². The number of pyridine rings is 1. The van der Waals surface area contributed by atoms with E-state index < -0.39 is 0 Å². The van der Waals surface area contributed by atoms with Gasteiger partial charge in [-0.1, -0.05) is 65.8 Å². The number of ether oxygens (including phenoxy) is 1. The van der Waals surface area contributed by atoms with Crippen LogP contribution in [0.2, 0.25) is 5.15 Å². The Hall–Kier alpha value is -2.56. The lowest BCUT2D eigenvalue weighted by Crippen LogP contribution is -2.01. The highest BCUT2D eigenvalue weighted by Crippen LogP contribution is 2.19. The Morgan fingerprint density at radius 2 is 1.73 bits per heavy atom. The van der Waals surface area contributed by atoms with Gasteiger partial charge in [0.15, 0.2) is 0 Å². The number of rotatable bonds is 6. The molecule has 0 saturated heterocycles. The molecule has 0 atom stereocenters. The van der Waals surface area contributed by atoms with Gasteiger partial charge in [-0.15, -0.1) is 0 Å². The van der Waals surface area contributed by atoms with Crippen LogP contribution in [0, 0.1) is 0 Å². The fourth-order valence-corrected chi connectivity index (χ4v) is 2.83. The number of thioether (sulfide) groups is 1. The molecule has 1 aromatic heterocycles. The molecular formula is C21H17ClN2OS. The van der Waals surface area contributed by atoms with E-state index in [0.29, 0.717) is 17.7 Å². The van der Waals surface area contributed by atoms with Gasteiger partial charge in [-0.25, -0.2) is 9.98 Å². The second kappa shape index (κ2) is 9.80. The van der Waals surface area contributed by atoms with Crippen molar-refractivity contribution in [1.29, 1.82) is 0 Å². The topological polar surface area (TPSA) is 34.5 Å². The first-order valence-electron chi connectivity index (χ1n) is 8.05. The monoisotopic (exact) mass is 380 g/mol. The van der Waals surface area contributed by atoms with Crippen LogP contribution in [-0.4, -0.2) is 10.9 Å². The Morgan fingerprint density at radius 1 is 1.00 bits per heavy atom. The molecule has 130 valence electrons. The van der Waals surface area contributed by atoms with Gasteiger partial charge in [0.25, 0.3) is 0 Å². The number of para-hydroxylation sites is 1. The third kappa shape index (κ3) is 6.06. The van der Waals surface area contributed by atoms with Crippen molar-refractivity contribution >= 4 is 34.9 Å². The van der Waals surface area contributed by atoms with Crippen molar-refractivity contribution in [2.24, 2.45) is 4.99 Å². The van der Waals surface area contributed by atoms with Crippen molar-refractivity contribution in [2.45, 2.75) is 11.5 Å². The molecule has 0 bridgehead atoms. The number of halogens is 1. The summed E-state index contributed by atoms with van der Waals surface area (Å²) in [5.74, 6) is 0.537. The summed E-state index contributed by atoms with van der Waals surface area (Å²) in [7, 11) is 0. The van der Waals surface area contributed by atoms with Crippen molar-refractivity contribution < 1.29 is 4.74 Å². The number of nitrogens with zero attached hydrogens (tertiary/aromatic N) is 2. The minimum atomic E-state index is 0.371. The van der Waals surface area contributed by atoms with E-state index in [-0.39, 0.29) is 0 Å². The van der Waals surface area contributed by atoms with E-state index in [9.17, 15) is 0 Å². The van der Waals surface area contributed by atoms with Crippen LogP contribution in [0.15, 0.2) is 100 Å². The summed E-state index contributed by atoms with van der Waals surface area (Å²) in [4.78, 5) is 9.79. The van der Waals surface area contributed by atoms with Gasteiger partial charge in [0.1, 0.15) is 11.8 Å². The number of hydrogen-bond donors (Lipinski definition) is 0. The highest BCUT2D eigenvalue weighted by Gasteiger charge is 2.00. The number of aliphatic imine (C=N–C) groups is 1. The first-order valence-corrected chi connectivity index (χ1v) is 9.30. The molecule has 0 spiro atoms. The normalized spacial score (nSPS) is 11.7. The van der Waals surface area contributed by atoms with Crippen molar-refractivity contribution in [3.05, 3.63) is 101 Å². The molecule has 0 radical (unpaired) electrons. The summed E-state index contributed by atoms with van der Waals surface area (Å²) in [6.07, 6.45) is 3.57. The quantitative estimate of drug-likeness (QED) is 0.218. The van der Waals surface area contributed by atoms with Gasteiger partial charge in [0, 0.05) is 22.7 Å². The summed E-state index contributed by atoms with van der Waals surface area (Å²) in [5, 5.41) is 2.43. The second-order valence-electron chi connectivity index (χ2n) is 5.30. The lowest BCUT2D eigenvalue weighted by Gasteiger charge is -2.06. The number of aromatic nitrogens is 1. The van der Waals surface area contributed by atoms with Crippen LogP contribution >= 0.6 is 23.4 Å². The third-order valence-electron chi connectivity index (χ3n) is 3.33. The fourth-order valence-electron chi connectivity index (χ4n) is 2.07. The molecule has 0 aliphatic heterocycles. The zero-order valence-electron chi connectivity index (χ0n) is 14.0. The van der Waals surface area contributed by atoms with E-state index in [1.165, 1.54) is 0 Å². The summed E-state index contributed by atoms with van der Waals surface area (Å²) >= 11 is 7.43. The van der Waals surface area contributed by atoms with Crippen LogP contribution in [0.5, 0.6) is 0 Å². The predicted octanol–water partition coefficient (Wildman–Crippen LogP) is 6.29. The lowest BCUT2D eigenvalue weighted by molar-refractivity contribution is 0.295. The molecule has 0 saturated carbocycles. The van der Waals surface area contributed by atoms with E-state index >= 15 is 0 Å². The van der Waals surface area contributed by atoms with E-state index in [0.717, 1.165) is 16.1 Å². The smallest absolute Gasteiger partial charge is 0.214 e. The summed E-state index contributed by atoms with van der Waals surface area (Å²) < 4.78 is 5.88. The Labute approximate surface area is 162 Å². The molecule has 2 aromatic carbocycles. The van der Waals surface area contributed by atoms with E-state index in [2.05, 4.69) is 22.1 Å². The zero-order chi connectivity index (χ0) is 18.0. The molecule has 3 aromatic rings. The van der Waals surface area contributed by atoms with Gasteiger partial charge >= 0.3 is 0 Å². The van der Waals surface area contributed by atoms with Crippen LogP contribution in [0.25, 0.3) is 0 Å². The molecule has 0 amide bonds. The standard InChI is InChI=1S/C21H17ClN2OS/c22-20-12-11-17(15-23-20)16-25-21(24-18-7-3-1-4-8-18)13-14-26-19-9-5-2-6-10-19/h1-15H,16H2. The molecule has 0 N–H and O–H groups in total. The SMILES string of the molecule is Clc1ccc(COC(C=CSc2ccccc2)=Nc2ccccc2)cn1. The third-order valence-corrected chi connectivity index (χ3v) is 4.37. The molecule has 1 heterocycles. The van der Waals surface area contributed by atoms with E-state index in [4.69, 9.17) is 16.3 Å². The van der Waals surface area contributed by atoms with Gasteiger partial charge in [-0.2, -0.15) is 0 Å². The maximum Gasteiger partial charge on any atom is 0.214 e. The zero-order valence-corrected chi connectivity index (χ0v) is 15.5. The molecule has 5 heteroatoms. The highest BCUT2D eigenvalue weighted by atomic mass is 35.5. The van der Waals surface area contributed by atoms with Crippen LogP contribution in [0.3, 0.4) is 0 Å². The average molecular weight is 381 g/mol. The average Bonchev–Trinajstić information content (AvgIpc) is 2.69. The first-order chi connectivity index (χ1) is 12.8. The first kappa shape index (κ1) is 18.2. The number of benzene rings is 2.